The van der Waals surface area contributed by atoms with Gasteiger partial charge < -0.3 is 10.1 Å². The molecule has 21 heavy (non-hydrogen) atoms. The van der Waals surface area contributed by atoms with Crippen LogP contribution >= 0.6 is 11.6 Å². The third-order valence-corrected chi connectivity index (χ3v) is 3.35. The molecule has 2 aromatic rings. The lowest BCUT2D eigenvalue weighted by Gasteiger charge is -2.09. The Labute approximate surface area is 131 Å². The Balaban J connectivity index is 1.87. The zero-order valence-corrected chi connectivity index (χ0v) is 13.0. The van der Waals surface area contributed by atoms with Gasteiger partial charge in [-0.2, -0.15) is 0 Å². The van der Waals surface area contributed by atoms with Crippen molar-refractivity contribution in [1.82, 2.24) is 5.32 Å². The van der Waals surface area contributed by atoms with Gasteiger partial charge in [-0.3, -0.25) is 0 Å². The molecule has 0 saturated heterocycles. The van der Waals surface area contributed by atoms with Crippen LogP contribution in [0, 0.1) is 0 Å². The summed E-state index contributed by atoms with van der Waals surface area (Å²) in [6.45, 7) is 7.86. The van der Waals surface area contributed by atoms with Gasteiger partial charge in [0.05, 0.1) is 0 Å². The Morgan fingerprint density at radius 1 is 1.14 bits per heavy atom. The molecular formula is C18H20ClNO. The van der Waals surface area contributed by atoms with Crippen molar-refractivity contribution in [2.24, 2.45) is 0 Å². The highest BCUT2D eigenvalue weighted by atomic mass is 35.5. The average molecular weight is 302 g/mol. The second-order valence-corrected chi connectivity index (χ2v) is 5.50. The highest BCUT2D eigenvalue weighted by Gasteiger charge is 2.00. The summed E-state index contributed by atoms with van der Waals surface area (Å²) in [4.78, 5) is 0. The number of benzene rings is 2. The molecule has 0 aromatic heterocycles. The van der Waals surface area contributed by atoms with Gasteiger partial charge in [-0.15, -0.1) is 0 Å². The average Bonchev–Trinajstić information content (AvgIpc) is 2.48. The van der Waals surface area contributed by atoms with Crippen molar-refractivity contribution in [1.29, 1.82) is 0 Å². The van der Waals surface area contributed by atoms with Crippen LogP contribution in [-0.2, 0) is 13.1 Å². The van der Waals surface area contributed by atoms with E-state index in [4.69, 9.17) is 16.3 Å². The summed E-state index contributed by atoms with van der Waals surface area (Å²) in [7, 11) is 0. The molecule has 0 heterocycles. The van der Waals surface area contributed by atoms with Gasteiger partial charge in [0.15, 0.2) is 0 Å². The van der Waals surface area contributed by atoms with Crippen molar-refractivity contribution in [3.05, 3.63) is 76.8 Å². The molecule has 0 amide bonds. The zero-order valence-electron chi connectivity index (χ0n) is 12.2. The minimum atomic E-state index is 0.552. The maximum absolute atomic E-state index is 6.13. The fourth-order valence-electron chi connectivity index (χ4n) is 1.94. The summed E-state index contributed by atoms with van der Waals surface area (Å²) in [5.74, 6) is 0.870. The predicted octanol–water partition coefficient (Wildman–Crippen LogP) is 4.58. The van der Waals surface area contributed by atoms with E-state index in [-0.39, 0.29) is 0 Å². The Bertz CT molecular complexity index is 610. The van der Waals surface area contributed by atoms with E-state index in [0.717, 1.165) is 35.0 Å². The lowest BCUT2D eigenvalue weighted by atomic mass is 10.2. The summed E-state index contributed by atoms with van der Waals surface area (Å²) in [5, 5.41) is 4.19. The van der Waals surface area contributed by atoms with Crippen LogP contribution in [-0.4, -0.2) is 6.61 Å². The van der Waals surface area contributed by atoms with E-state index in [1.165, 1.54) is 5.56 Å². The van der Waals surface area contributed by atoms with Crippen molar-refractivity contribution in [3.63, 3.8) is 0 Å². The van der Waals surface area contributed by atoms with Crippen molar-refractivity contribution in [2.45, 2.75) is 20.0 Å². The topological polar surface area (TPSA) is 21.3 Å². The smallest absolute Gasteiger partial charge is 0.120 e. The van der Waals surface area contributed by atoms with E-state index >= 15 is 0 Å². The molecule has 0 atom stereocenters. The van der Waals surface area contributed by atoms with E-state index in [9.17, 15) is 0 Å². The first kappa shape index (κ1) is 15.6. The lowest BCUT2D eigenvalue weighted by Crippen LogP contribution is -2.13. The molecule has 0 saturated carbocycles. The fraction of sp³-hybridized carbons (Fsp3) is 0.222. The molecule has 3 heteroatoms. The van der Waals surface area contributed by atoms with Gasteiger partial charge in [-0.1, -0.05) is 48.5 Å². The van der Waals surface area contributed by atoms with E-state index in [2.05, 4.69) is 18.0 Å². The molecule has 2 nitrogen and oxygen atoms in total. The largest absolute Gasteiger partial charge is 0.489 e. The summed E-state index contributed by atoms with van der Waals surface area (Å²) in [6.07, 6.45) is 0. The highest BCUT2D eigenvalue weighted by Crippen LogP contribution is 2.16. The molecule has 0 aliphatic heterocycles. The quantitative estimate of drug-likeness (QED) is 0.756. The SMILES string of the molecule is C=C(C)COc1cccc(CNCc2ccccc2Cl)c1. The molecule has 0 unspecified atom stereocenters. The molecule has 0 aliphatic carbocycles. The first-order valence-corrected chi connectivity index (χ1v) is 7.33. The van der Waals surface area contributed by atoms with Gasteiger partial charge in [-0.05, 0) is 41.8 Å². The Kier molecular flexibility index (Phi) is 5.85. The van der Waals surface area contributed by atoms with Crippen molar-refractivity contribution in [2.75, 3.05) is 6.61 Å². The third-order valence-electron chi connectivity index (χ3n) is 2.99. The van der Waals surface area contributed by atoms with Crippen LogP contribution < -0.4 is 10.1 Å². The minimum absolute atomic E-state index is 0.552. The van der Waals surface area contributed by atoms with Gasteiger partial charge in [0, 0.05) is 18.1 Å². The molecular weight excluding hydrogens is 282 g/mol. The zero-order chi connectivity index (χ0) is 15.1. The van der Waals surface area contributed by atoms with Gasteiger partial charge in [0.1, 0.15) is 12.4 Å². The van der Waals surface area contributed by atoms with Crippen molar-refractivity contribution < 1.29 is 4.74 Å². The summed E-state index contributed by atoms with van der Waals surface area (Å²) >= 11 is 6.13. The second-order valence-electron chi connectivity index (χ2n) is 5.09. The highest BCUT2D eigenvalue weighted by molar-refractivity contribution is 6.31. The number of hydrogen-bond acceptors (Lipinski definition) is 2. The van der Waals surface area contributed by atoms with E-state index < -0.39 is 0 Å². The van der Waals surface area contributed by atoms with Crippen LogP contribution in [0.1, 0.15) is 18.1 Å². The van der Waals surface area contributed by atoms with Crippen molar-refractivity contribution in [3.8, 4) is 5.75 Å². The summed E-state index contributed by atoms with van der Waals surface area (Å²) in [6, 6.07) is 16.0. The Hall–Kier alpha value is -1.77. The first-order valence-electron chi connectivity index (χ1n) is 6.95. The Morgan fingerprint density at radius 3 is 2.71 bits per heavy atom. The maximum atomic E-state index is 6.13. The molecule has 110 valence electrons. The molecule has 0 bridgehead atoms. The summed E-state index contributed by atoms with van der Waals surface area (Å²) < 4.78 is 5.64. The number of halogens is 1. The molecule has 2 rings (SSSR count). The molecule has 0 aliphatic rings. The van der Waals surface area contributed by atoms with E-state index in [0.29, 0.717) is 6.61 Å². The second kappa shape index (κ2) is 7.87. The van der Waals surface area contributed by atoms with Gasteiger partial charge in [0.2, 0.25) is 0 Å². The van der Waals surface area contributed by atoms with Crippen molar-refractivity contribution >= 4 is 11.6 Å². The van der Waals surface area contributed by atoms with Crippen LogP contribution in [0.3, 0.4) is 0 Å². The third kappa shape index (κ3) is 5.25. The van der Waals surface area contributed by atoms with E-state index in [1.807, 2.05) is 49.4 Å². The first-order chi connectivity index (χ1) is 10.1. The summed E-state index contributed by atoms with van der Waals surface area (Å²) in [5.41, 5.74) is 3.30. The Morgan fingerprint density at radius 2 is 1.95 bits per heavy atom. The number of hydrogen-bond donors (Lipinski definition) is 1. The molecule has 2 aromatic carbocycles. The molecule has 0 fully saturated rings. The van der Waals surface area contributed by atoms with Crippen LogP contribution in [0.4, 0.5) is 0 Å². The minimum Gasteiger partial charge on any atom is -0.489 e. The lowest BCUT2D eigenvalue weighted by molar-refractivity contribution is 0.352. The van der Waals surface area contributed by atoms with Gasteiger partial charge in [-0.25, -0.2) is 0 Å². The van der Waals surface area contributed by atoms with E-state index in [1.54, 1.807) is 0 Å². The standard InChI is InChI=1S/C18H20ClNO/c1-14(2)13-21-17-8-5-6-15(10-17)11-20-12-16-7-3-4-9-18(16)19/h3-10,20H,1,11-13H2,2H3. The number of nitrogens with one attached hydrogen (secondary N) is 1. The van der Waals surface area contributed by atoms with Crippen LogP contribution in [0.2, 0.25) is 5.02 Å². The van der Waals surface area contributed by atoms with Crippen LogP contribution in [0.25, 0.3) is 0 Å². The fourth-order valence-corrected chi connectivity index (χ4v) is 2.14. The molecule has 0 spiro atoms. The monoisotopic (exact) mass is 301 g/mol. The van der Waals surface area contributed by atoms with Crippen LogP contribution in [0.15, 0.2) is 60.7 Å². The number of rotatable bonds is 7. The molecule has 1 N–H and O–H groups in total. The van der Waals surface area contributed by atoms with Gasteiger partial charge >= 0.3 is 0 Å². The number of ether oxygens (including phenoxy) is 1. The van der Waals surface area contributed by atoms with Gasteiger partial charge in [0.25, 0.3) is 0 Å². The predicted molar refractivity (Wildman–Crippen MR) is 88.7 cm³/mol. The maximum Gasteiger partial charge on any atom is 0.120 e. The normalized spacial score (nSPS) is 10.4. The van der Waals surface area contributed by atoms with Crippen LogP contribution in [0.5, 0.6) is 5.75 Å². The molecule has 0 radical (unpaired) electrons.